The van der Waals surface area contributed by atoms with E-state index in [9.17, 15) is 4.79 Å². The van der Waals surface area contributed by atoms with Crippen LogP contribution in [0.15, 0.2) is 18.3 Å². The zero-order valence-corrected chi connectivity index (χ0v) is 8.87. The highest BCUT2D eigenvalue weighted by Gasteiger charge is 2.05. The van der Waals surface area contributed by atoms with Gasteiger partial charge in [-0.1, -0.05) is 22.0 Å². The number of methoxy groups -OCH3 is 1. The molecule has 70 valence electrons. The second-order valence-corrected chi connectivity index (χ2v) is 3.28. The monoisotopic (exact) mass is 243 g/mol. The molecule has 13 heavy (non-hydrogen) atoms. The molecule has 0 amide bonds. The van der Waals surface area contributed by atoms with Crippen molar-refractivity contribution in [2.24, 2.45) is 0 Å². The van der Waals surface area contributed by atoms with E-state index in [1.165, 1.54) is 7.11 Å². The summed E-state index contributed by atoms with van der Waals surface area (Å²) in [6.45, 7) is 0. The molecule has 4 heteroatoms. The van der Waals surface area contributed by atoms with Gasteiger partial charge < -0.3 is 4.74 Å². The Bertz CT molecular complexity index is 284. The lowest BCUT2D eigenvalue weighted by Crippen LogP contribution is -2.04. The third kappa shape index (κ3) is 2.81. The maximum atomic E-state index is 11.0. The summed E-state index contributed by atoms with van der Waals surface area (Å²) in [6, 6.07) is 3.55. The van der Waals surface area contributed by atoms with Crippen LogP contribution in [-0.4, -0.2) is 23.4 Å². The lowest BCUT2D eigenvalue weighted by molar-refractivity contribution is 0.0594. The van der Waals surface area contributed by atoms with Gasteiger partial charge in [0.15, 0.2) is 0 Å². The molecule has 0 aliphatic rings. The SMILES string of the molecule is COC(=O)c1ccc(CCBr)cn1. The van der Waals surface area contributed by atoms with E-state index < -0.39 is 5.97 Å². The van der Waals surface area contributed by atoms with Crippen LogP contribution in [-0.2, 0) is 11.2 Å². The molecule has 0 spiro atoms. The Kier molecular flexibility index (Phi) is 3.89. The second-order valence-electron chi connectivity index (χ2n) is 2.48. The van der Waals surface area contributed by atoms with E-state index in [0.29, 0.717) is 5.69 Å². The van der Waals surface area contributed by atoms with Gasteiger partial charge in [-0.05, 0) is 18.1 Å². The van der Waals surface area contributed by atoms with Crippen LogP contribution in [0.3, 0.4) is 0 Å². The fraction of sp³-hybridized carbons (Fsp3) is 0.333. The molecule has 0 saturated carbocycles. The van der Waals surface area contributed by atoms with Crippen molar-refractivity contribution >= 4 is 21.9 Å². The fourth-order valence-electron chi connectivity index (χ4n) is 0.907. The first-order valence-electron chi connectivity index (χ1n) is 3.87. The van der Waals surface area contributed by atoms with Gasteiger partial charge in [-0.25, -0.2) is 9.78 Å². The molecule has 0 N–H and O–H groups in total. The molecule has 0 aliphatic carbocycles. The molecule has 0 unspecified atom stereocenters. The van der Waals surface area contributed by atoms with Crippen LogP contribution in [0.2, 0.25) is 0 Å². The molecule has 1 rings (SSSR count). The number of hydrogen-bond donors (Lipinski definition) is 0. The summed E-state index contributed by atoms with van der Waals surface area (Å²) in [5.74, 6) is -0.398. The van der Waals surface area contributed by atoms with Crippen LogP contribution in [0.5, 0.6) is 0 Å². The smallest absolute Gasteiger partial charge is 0.356 e. The number of carbonyl (C=O) groups is 1. The van der Waals surface area contributed by atoms with Gasteiger partial charge in [-0.3, -0.25) is 0 Å². The molecule has 1 aromatic heterocycles. The minimum Gasteiger partial charge on any atom is -0.464 e. The van der Waals surface area contributed by atoms with E-state index in [-0.39, 0.29) is 0 Å². The molecule has 0 bridgehead atoms. The Balaban J connectivity index is 2.75. The van der Waals surface area contributed by atoms with E-state index in [2.05, 4.69) is 25.7 Å². The van der Waals surface area contributed by atoms with Gasteiger partial charge in [-0.15, -0.1) is 0 Å². The second kappa shape index (κ2) is 4.97. The van der Waals surface area contributed by atoms with E-state index in [4.69, 9.17) is 0 Å². The number of halogens is 1. The van der Waals surface area contributed by atoms with E-state index >= 15 is 0 Å². The molecule has 0 atom stereocenters. The number of aryl methyl sites for hydroxylation is 1. The number of alkyl halides is 1. The van der Waals surface area contributed by atoms with Crippen molar-refractivity contribution in [3.8, 4) is 0 Å². The number of aromatic nitrogens is 1. The van der Waals surface area contributed by atoms with Gasteiger partial charge in [0.2, 0.25) is 0 Å². The van der Waals surface area contributed by atoms with Gasteiger partial charge >= 0.3 is 5.97 Å². The quantitative estimate of drug-likeness (QED) is 0.601. The van der Waals surface area contributed by atoms with Crippen molar-refractivity contribution in [3.63, 3.8) is 0 Å². The van der Waals surface area contributed by atoms with Crippen LogP contribution < -0.4 is 0 Å². The molecule has 1 heterocycles. The number of hydrogen-bond acceptors (Lipinski definition) is 3. The molecule has 0 fully saturated rings. The number of pyridine rings is 1. The first kappa shape index (κ1) is 10.2. The first-order valence-corrected chi connectivity index (χ1v) is 4.99. The van der Waals surface area contributed by atoms with Crippen molar-refractivity contribution in [1.29, 1.82) is 0 Å². The molecule has 1 aromatic rings. The Morgan fingerprint density at radius 3 is 2.85 bits per heavy atom. The lowest BCUT2D eigenvalue weighted by atomic mass is 10.2. The number of esters is 1. The summed E-state index contributed by atoms with van der Waals surface area (Å²) < 4.78 is 4.53. The van der Waals surface area contributed by atoms with Crippen molar-refractivity contribution in [2.75, 3.05) is 12.4 Å². The number of carbonyl (C=O) groups excluding carboxylic acids is 1. The van der Waals surface area contributed by atoms with Crippen molar-refractivity contribution in [2.45, 2.75) is 6.42 Å². The summed E-state index contributed by atoms with van der Waals surface area (Å²) in [5, 5.41) is 0.895. The van der Waals surface area contributed by atoms with Gasteiger partial charge in [0, 0.05) is 11.5 Å². The largest absolute Gasteiger partial charge is 0.464 e. The van der Waals surface area contributed by atoms with Crippen LogP contribution in [0.1, 0.15) is 16.1 Å². The molecule has 0 aliphatic heterocycles. The predicted octanol–water partition coefficient (Wildman–Crippen LogP) is 1.81. The minimum absolute atomic E-state index is 0.348. The summed E-state index contributed by atoms with van der Waals surface area (Å²) in [6.07, 6.45) is 2.60. The highest BCUT2D eigenvalue weighted by Crippen LogP contribution is 2.03. The predicted molar refractivity (Wildman–Crippen MR) is 53.1 cm³/mol. The average Bonchev–Trinajstić information content (AvgIpc) is 2.18. The highest BCUT2D eigenvalue weighted by atomic mass is 79.9. The van der Waals surface area contributed by atoms with Crippen LogP contribution in [0.4, 0.5) is 0 Å². The average molecular weight is 244 g/mol. The van der Waals surface area contributed by atoms with Gasteiger partial charge in [0.05, 0.1) is 7.11 Å². The van der Waals surface area contributed by atoms with Gasteiger partial charge in [0.1, 0.15) is 5.69 Å². The zero-order chi connectivity index (χ0) is 9.68. The summed E-state index contributed by atoms with van der Waals surface area (Å²) in [5.41, 5.74) is 1.45. The van der Waals surface area contributed by atoms with E-state index in [1.54, 1.807) is 12.3 Å². The van der Waals surface area contributed by atoms with E-state index in [1.807, 2.05) is 6.07 Å². The molecular weight excluding hydrogens is 234 g/mol. The Morgan fingerprint density at radius 2 is 2.38 bits per heavy atom. The molecule has 3 nitrogen and oxygen atoms in total. The van der Waals surface area contributed by atoms with Crippen molar-refractivity contribution < 1.29 is 9.53 Å². The molecule has 0 radical (unpaired) electrons. The standard InChI is InChI=1S/C9H10BrNO2/c1-13-9(12)8-3-2-7(4-5-10)6-11-8/h2-3,6H,4-5H2,1H3. The lowest BCUT2D eigenvalue weighted by Gasteiger charge is -1.99. The summed E-state index contributed by atoms with van der Waals surface area (Å²) in [4.78, 5) is 15.0. The van der Waals surface area contributed by atoms with Gasteiger partial charge in [-0.2, -0.15) is 0 Å². The Hall–Kier alpha value is -0.900. The first-order chi connectivity index (χ1) is 6.27. The van der Waals surface area contributed by atoms with Crippen molar-refractivity contribution in [3.05, 3.63) is 29.6 Å². The van der Waals surface area contributed by atoms with E-state index in [0.717, 1.165) is 17.3 Å². The summed E-state index contributed by atoms with van der Waals surface area (Å²) in [7, 11) is 1.34. The highest BCUT2D eigenvalue weighted by molar-refractivity contribution is 9.09. The molecule has 0 aromatic carbocycles. The Morgan fingerprint density at radius 1 is 1.62 bits per heavy atom. The van der Waals surface area contributed by atoms with Gasteiger partial charge in [0.25, 0.3) is 0 Å². The third-order valence-electron chi connectivity index (χ3n) is 1.60. The topological polar surface area (TPSA) is 39.2 Å². The maximum Gasteiger partial charge on any atom is 0.356 e. The maximum absolute atomic E-state index is 11.0. The zero-order valence-electron chi connectivity index (χ0n) is 7.29. The molecule has 0 saturated heterocycles. The number of ether oxygens (including phenoxy) is 1. The summed E-state index contributed by atoms with van der Waals surface area (Å²) >= 11 is 3.33. The number of nitrogens with zero attached hydrogens (tertiary/aromatic N) is 1. The van der Waals surface area contributed by atoms with Crippen LogP contribution in [0, 0.1) is 0 Å². The third-order valence-corrected chi connectivity index (χ3v) is 2.00. The van der Waals surface area contributed by atoms with Crippen LogP contribution >= 0.6 is 15.9 Å². The Labute approximate surface area is 85.3 Å². The van der Waals surface area contributed by atoms with Crippen molar-refractivity contribution in [1.82, 2.24) is 4.98 Å². The molecular formula is C9H10BrNO2. The van der Waals surface area contributed by atoms with Crippen LogP contribution in [0.25, 0.3) is 0 Å². The number of rotatable bonds is 3. The minimum atomic E-state index is -0.398. The normalized spacial score (nSPS) is 9.69. The fourth-order valence-corrected chi connectivity index (χ4v) is 1.36.